The molecule has 0 saturated heterocycles. The Morgan fingerprint density at radius 3 is 2.05 bits per heavy atom. The van der Waals surface area contributed by atoms with Crippen molar-refractivity contribution < 1.29 is 14.7 Å². The number of carboxylic acid groups (broad SMARTS) is 1. The van der Waals surface area contributed by atoms with Crippen LogP contribution in [0.15, 0.2) is 0 Å². The van der Waals surface area contributed by atoms with E-state index < -0.39 is 17.4 Å². The van der Waals surface area contributed by atoms with E-state index in [9.17, 15) is 9.59 Å². The molecule has 112 valence electrons. The van der Waals surface area contributed by atoms with Gasteiger partial charge in [0.25, 0.3) is 0 Å². The molecule has 0 aliphatic rings. The van der Waals surface area contributed by atoms with E-state index in [1.54, 1.807) is 0 Å². The molecular formula is C15H29NO3. The van der Waals surface area contributed by atoms with Crippen LogP contribution >= 0.6 is 0 Å². The summed E-state index contributed by atoms with van der Waals surface area (Å²) in [6.07, 6.45) is 7.14. The summed E-state index contributed by atoms with van der Waals surface area (Å²) in [6.45, 7) is 7.62. The quantitative estimate of drug-likeness (QED) is 0.632. The molecule has 0 aromatic rings. The first-order chi connectivity index (χ1) is 8.79. The Morgan fingerprint density at radius 2 is 1.58 bits per heavy atom. The highest BCUT2D eigenvalue weighted by molar-refractivity contribution is 5.84. The van der Waals surface area contributed by atoms with Crippen LogP contribution in [0.3, 0.4) is 0 Å². The fourth-order valence-corrected chi connectivity index (χ4v) is 1.95. The third-order valence-electron chi connectivity index (χ3n) is 3.18. The van der Waals surface area contributed by atoms with Gasteiger partial charge in [-0.3, -0.25) is 4.79 Å². The zero-order valence-electron chi connectivity index (χ0n) is 12.8. The van der Waals surface area contributed by atoms with Crippen molar-refractivity contribution in [1.82, 2.24) is 5.32 Å². The normalized spacial score (nSPS) is 13.1. The topological polar surface area (TPSA) is 66.4 Å². The van der Waals surface area contributed by atoms with Crippen molar-refractivity contribution >= 4 is 11.9 Å². The van der Waals surface area contributed by atoms with Gasteiger partial charge in [0.1, 0.15) is 6.04 Å². The van der Waals surface area contributed by atoms with Crippen molar-refractivity contribution in [2.75, 3.05) is 0 Å². The molecule has 0 aromatic heterocycles. The van der Waals surface area contributed by atoms with E-state index in [1.807, 2.05) is 20.8 Å². The molecule has 0 radical (unpaired) electrons. The van der Waals surface area contributed by atoms with Crippen molar-refractivity contribution in [2.45, 2.75) is 78.7 Å². The molecule has 2 N–H and O–H groups in total. The lowest BCUT2D eigenvalue weighted by Gasteiger charge is -2.27. The Balaban J connectivity index is 3.92. The summed E-state index contributed by atoms with van der Waals surface area (Å²) in [5, 5.41) is 11.7. The zero-order valence-corrected chi connectivity index (χ0v) is 12.8. The Hall–Kier alpha value is -1.06. The minimum absolute atomic E-state index is 0.155. The lowest BCUT2D eigenvalue weighted by atomic mass is 9.86. The molecule has 4 heteroatoms. The predicted octanol–water partition coefficient (Wildman–Crippen LogP) is 3.35. The average molecular weight is 271 g/mol. The molecule has 0 heterocycles. The third-order valence-corrected chi connectivity index (χ3v) is 3.18. The molecule has 4 nitrogen and oxygen atoms in total. The minimum atomic E-state index is -0.969. The molecule has 0 fully saturated rings. The summed E-state index contributed by atoms with van der Waals surface area (Å²) < 4.78 is 0. The summed E-state index contributed by atoms with van der Waals surface area (Å²) in [6, 6.07) is -0.819. The summed E-state index contributed by atoms with van der Waals surface area (Å²) in [7, 11) is 0. The van der Waals surface area contributed by atoms with Crippen molar-refractivity contribution in [3.63, 3.8) is 0 Å². The standard InChI is InChI=1S/C15H29NO3/c1-5-6-7-8-9-10-11-12(17)16-13(14(18)19)15(2,3)4/h13H,5-11H2,1-4H3,(H,16,17)(H,18,19)/t13-/m1/s1. The molecule has 0 spiro atoms. The number of hydrogen-bond acceptors (Lipinski definition) is 2. The largest absolute Gasteiger partial charge is 0.480 e. The maximum Gasteiger partial charge on any atom is 0.326 e. The van der Waals surface area contributed by atoms with E-state index in [4.69, 9.17) is 5.11 Å². The van der Waals surface area contributed by atoms with E-state index in [0.717, 1.165) is 19.3 Å². The Bertz CT molecular complexity index is 282. The number of aliphatic carboxylic acids is 1. The highest BCUT2D eigenvalue weighted by atomic mass is 16.4. The second kappa shape index (κ2) is 8.94. The van der Waals surface area contributed by atoms with E-state index in [1.165, 1.54) is 19.3 Å². The lowest BCUT2D eigenvalue weighted by molar-refractivity contribution is -0.144. The molecule has 19 heavy (non-hydrogen) atoms. The van der Waals surface area contributed by atoms with Gasteiger partial charge in [-0.2, -0.15) is 0 Å². The fraction of sp³-hybridized carbons (Fsp3) is 0.867. The number of carbonyl (C=O) groups is 2. The molecule has 0 aliphatic carbocycles. The van der Waals surface area contributed by atoms with Gasteiger partial charge in [-0.25, -0.2) is 4.79 Å². The molecule has 0 rings (SSSR count). The highest BCUT2D eigenvalue weighted by Crippen LogP contribution is 2.19. The van der Waals surface area contributed by atoms with Crippen LogP contribution < -0.4 is 5.32 Å². The minimum Gasteiger partial charge on any atom is -0.480 e. The average Bonchev–Trinajstić information content (AvgIpc) is 2.28. The lowest BCUT2D eigenvalue weighted by Crippen LogP contribution is -2.49. The summed E-state index contributed by atoms with van der Waals surface area (Å²) in [4.78, 5) is 22.8. The van der Waals surface area contributed by atoms with Crippen molar-refractivity contribution in [1.29, 1.82) is 0 Å². The molecule has 0 saturated carbocycles. The second-order valence-corrected chi connectivity index (χ2v) is 6.22. The molecule has 0 aromatic carbocycles. The second-order valence-electron chi connectivity index (χ2n) is 6.22. The van der Waals surface area contributed by atoms with Gasteiger partial charge >= 0.3 is 5.97 Å². The number of unbranched alkanes of at least 4 members (excludes halogenated alkanes) is 5. The monoisotopic (exact) mass is 271 g/mol. The number of carboxylic acids is 1. The Labute approximate surface area is 117 Å². The van der Waals surface area contributed by atoms with E-state index in [-0.39, 0.29) is 5.91 Å². The molecule has 1 atom stereocenters. The van der Waals surface area contributed by atoms with Gasteiger partial charge in [-0.1, -0.05) is 59.8 Å². The zero-order chi connectivity index (χ0) is 14.9. The first-order valence-corrected chi connectivity index (χ1v) is 7.31. The number of amides is 1. The van der Waals surface area contributed by atoms with Crippen molar-refractivity contribution in [3.05, 3.63) is 0 Å². The number of carbonyl (C=O) groups excluding carboxylic acids is 1. The molecule has 0 unspecified atom stereocenters. The van der Waals surface area contributed by atoms with E-state index in [0.29, 0.717) is 6.42 Å². The number of hydrogen-bond donors (Lipinski definition) is 2. The van der Waals surface area contributed by atoms with Crippen LogP contribution in [-0.2, 0) is 9.59 Å². The van der Waals surface area contributed by atoms with Crippen LogP contribution in [0.5, 0.6) is 0 Å². The molecule has 0 bridgehead atoms. The van der Waals surface area contributed by atoms with Gasteiger partial charge in [-0.05, 0) is 11.8 Å². The van der Waals surface area contributed by atoms with Gasteiger partial charge in [0.2, 0.25) is 5.91 Å². The van der Waals surface area contributed by atoms with E-state index >= 15 is 0 Å². The summed E-state index contributed by atoms with van der Waals surface area (Å²) >= 11 is 0. The van der Waals surface area contributed by atoms with Crippen molar-refractivity contribution in [2.24, 2.45) is 5.41 Å². The number of nitrogens with one attached hydrogen (secondary N) is 1. The van der Waals surface area contributed by atoms with Crippen molar-refractivity contribution in [3.8, 4) is 0 Å². The number of rotatable bonds is 9. The first-order valence-electron chi connectivity index (χ1n) is 7.31. The van der Waals surface area contributed by atoms with Crippen LogP contribution in [0.1, 0.15) is 72.6 Å². The fourth-order valence-electron chi connectivity index (χ4n) is 1.95. The van der Waals surface area contributed by atoms with Crippen LogP contribution in [0, 0.1) is 5.41 Å². The smallest absolute Gasteiger partial charge is 0.326 e. The SMILES string of the molecule is CCCCCCCCC(=O)N[C@H](C(=O)O)C(C)(C)C. The molecular weight excluding hydrogens is 242 g/mol. The highest BCUT2D eigenvalue weighted by Gasteiger charge is 2.32. The third kappa shape index (κ3) is 8.62. The summed E-state index contributed by atoms with van der Waals surface area (Å²) in [5.74, 6) is -1.12. The van der Waals surface area contributed by atoms with Crippen LogP contribution in [-0.4, -0.2) is 23.0 Å². The van der Waals surface area contributed by atoms with Gasteiger partial charge in [0.15, 0.2) is 0 Å². The first kappa shape index (κ1) is 17.9. The van der Waals surface area contributed by atoms with Crippen LogP contribution in [0.25, 0.3) is 0 Å². The van der Waals surface area contributed by atoms with E-state index in [2.05, 4.69) is 12.2 Å². The Morgan fingerprint density at radius 1 is 1.05 bits per heavy atom. The van der Waals surface area contributed by atoms with Gasteiger partial charge < -0.3 is 10.4 Å². The van der Waals surface area contributed by atoms with Crippen LogP contribution in [0.2, 0.25) is 0 Å². The maximum atomic E-state index is 11.7. The Kier molecular flexibility index (Phi) is 8.44. The molecule has 0 aliphatic heterocycles. The van der Waals surface area contributed by atoms with Crippen LogP contribution in [0.4, 0.5) is 0 Å². The van der Waals surface area contributed by atoms with Gasteiger partial charge in [0.05, 0.1) is 0 Å². The maximum absolute atomic E-state index is 11.7. The predicted molar refractivity (Wildman–Crippen MR) is 77.0 cm³/mol. The molecule has 1 amide bonds. The van der Waals surface area contributed by atoms with Gasteiger partial charge in [0, 0.05) is 6.42 Å². The van der Waals surface area contributed by atoms with Gasteiger partial charge in [-0.15, -0.1) is 0 Å². The summed E-state index contributed by atoms with van der Waals surface area (Å²) in [5.41, 5.74) is -0.470.